The van der Waals surface area contributed by atoms with E-state index in [0.29, 0.717) is 6.54 Å². The molecule has 1 heterocycles. The van der Waals surface area contributed by atoms with Crippen molar-refractivity contribution in [2.24, 2.45) is 5.92 Å². The number of esters is 1. The van der Waals surface area contributed by atoms with Crippen molar-refractivity contribution in [2.75, 3.05) is 0 Å². The second kappa shape index (κ2) is 7.73. The zero-order chi connectivity index (χ0) is 17.8. The third-order valence-corrected chi connectivity index (χ3v) is 5.28. The number of nitrogens with zero attached hydrogens (tertiary/aromatic N) is 2. The van der Waals surface area contributed by atoms with E-state index >= 15 is 0 Å². The Morgan fingerprint density at radius 1 is 1.12 bits per heavy atom. The van der Waals surface area contributed by atoms with Gasteiger partial charge in [-0.15, -0.1) is 0 Å². The minimum atomic E-state index is -0.303. The van der Waals surface area contributed by atoms with E-state index in [9.17, 15) is 4.79 Å². The number of carbonyl (C=O) groups excluding carboxylic acids is 1. The molecule has 2 aromatic carbocycles. The molecule has 4 nitrogen and oxygen atoms in total. The first kappa shape index (κ1) is 16.8. The smallest absolute Gasteiger partial charge is 0.309 e. The lowest BCUT2D eigenvalue weighted by Gasteiger charge is -2.25. The molecule has 0 amide bonds. The molecule has 1 saturated carbocycles. The van der Waals surface area contributed by atoms with Gasteiger partial charge in [0.25, 0.3) is 0 Å². The van der Waals surface area contributed by atoms with Crippen molar-refractivity contribution in [3.63, 3.8) is 0 Å². The fourth-order valence-corrected chi connectivity index (χ4v) is 3.78. The van der Waals surface area contributed by atoms with Crippen LogP contribution in [-0.4, -0.2) is 15.5 Å². The van der Waals surface area contributed by atoms with Gasteiger partial charge in [-0.05, 0) is 35.2 Å². The van der Waals surface area contributed by atoms with Crippen LogP contribution in [0.15, 0.2) is 61.2 Å². The molecule has 0 saturated heterocycles. The van der Waals surface area contributed by atoms with E-state index < -0.39 is 0 Å². The Kier molecular flexibility index (Phi) is 5.00. The Labute approximate surface area is 153 Å². The summed E-state index contributed by atoms with van der Waals surface area (Å²) in [6.07, 6.45) is 10.5. The zero-order valence-electron chi connectivity index (χ0n) is 14.9. The van der Waals surface area contributed by atoms with Crippen LogP contribution in [0, 0.1) is 5.92 Å². The second-order valence-electron chi connectivity index (χ2n) is 7.13. The second-order valence-corrected chi connectivity index (χ2v) is 7.13. The number of fused-ring (bicyclic) bond motifs is 1. The standard InChI is InChI=1S/C22H24N2O2/c25-22(18-7-2-1-3-8-18)26-21(15-24-13-12-23-16-24)20-11-10-17-6-4-5-9-19(17)14-20/h4-6,9-14,16,18,21H,1-3,7-8,15H2. The van der Waals surface area contributed by atoms with Gasteiger partial charge in [-0.3, -0.25) is 4.79 Å². The fourth-order valence-electron chi connectivity index (χ4n) is 3.78. The number of ether oxygens (including phenoxy) is 1. The lowest BCUT2D eigenvalue weighted by Crippen LogP contribution is -2.24. The average molecular weight is 348 g/mol. The summed E-state index contributed by atoms with van der Waals surface area (Å²) >= 11 is 0. The van der Waals surface area contributed by atoms with Gasteiger partial charge in [0.2, 0.25) is 0 Å². The van der Waals surface area contributed by atoms with Crippen LogP contribution in [0.1, 0.15) is 43.8 Å². The van der Waals surface area contributed by atoms with Crippen molar-refractivity contribution in [2.45, 2.75) is 44.8 Å². The topological polar surface area (TPSA) is 44.1 Å². The molecule has 4 rings (SSSR count). The highest BCUT2D eigenvalue weighted by Crippen LogP contribution is 2.29. The van der Waals surface area contributed by atoms with Gasteiger partial charge < -0.3 is 9.30 Å². The SMILES string of the molecule is O=C(OC(Cn1ccnc1)c1ccc2ccccc2c1)C1CCCCC1. The van der Waals surface area contributed by atoms with Crippen molar-refractivity contribution >= 4 is 16.7 Å². The fraction of sp³-hybridized carbons (Fsp3) is 0.364. The van der Waals surface area contributed by atoms with Gasteiger partial charge in [0.15, 0.2) is 0 Å². The first-order chi connectivity index (χ1) is 12.8. The first-order valence-corrected chi connectivity index (χ1v) is 9.44. The van der Waals surface area contributed by atoms with Crippen LogP contribution >= 0.6 is 0 Å². The number of rotatable bonds is 5. The van der Waals surface area contributed by atoms with Gasteiger partial charge in [0, 0.05) is 12.4 Å². The summed E-state index contributed by atoms with van der Waals surface area (Å²) in [4.78, 5) is 16.8. The summed E-state index contributed by atoms with van der Waals surface area (Å²) in [6, 6.07) is 14.6. The Hall–Kier alpha value is -2.62. The van der Waals surface area contributed by atoms with Crippen LogP contribution < -0.4 is 0 Å². The van der Waals surface area contributed by atoms with Gasteiger partial charge in [-0.25, -0.2) is 4.98 Å². The summed E-state index contributed by atoms with van der Waals surface area (Å²) in [7, 11) is 0. The van der Waals surface area contributed by atoms with Crippen LogP contribution in [0.3, 0.4) is 0 Å². The molecular weight excluding hydrogens is 324 g/mol. The molecule has 1 aliphatic carbocycles. The number of benzene rings is 2. The van der Waals surface area contributed by atoms with Gasteiger partial charge in [0.05, 0.1) is 18.8 Å². The van der Waals surface area contributed by atoms with Crippen molar-refractivity contribution in [3.8, 4) is 0 Å². The van der Waals surface area contributed by atoms with Crippen LogP contribution in [0.4, 0.5) is 0 Å². The maximum atomic E-state index is 12.7. The van der Waals surface area contributed by atoms with Gasteiger partial charge in [0.1, 0.15) is 6.10 Å². The summed E-state index contributed by atoms with van der Waals surface area (Å²) in [6.45, 7) is 0.580. The van der Waals surface area contributed by atoms with E-state index in [2.05, 4.69) is 35.3 Å². The normalized spacial score (nSPS) is 16.5. The lowest BCUT2D eigenvalue weighted by molar-refractivity contribution is -0.156. The summed E-state index contributed by atoms with van der Waals surface area (Å²) in [5.74, 6) is -0.00234. The summed E-state index contributed by atoms with van der Waals surface area (Å²) < 4.78 is 7.98. The van der Waals surface area contributed by atoms with Crippen LogP contribution in [0.25, 0.3) is 10.8 Å². The largest absolute Gasteiger partial charge is 0.455 e. The minimum absolute atomic E-state index is 0.0505. The third kappa shape index (κ3) is 3.79. The van der Waals surface area contributed by atoms with E-state index in [1.54, 1.807) is 12.5 Å². The number of hydrogen-bond acceptors (Lipinski definition) is 3. The molecule has 1 fully saturated rings. The molecule has 1 aromatic heterocycles. The Bertz CT molecular complexity index is 867. The predicted molar refractivity (Wildman–Crippen MR) is 102 cm³/mol. The van der Waals surface area contributed by atoms with E-state index in [1.807, 2.05) is 22.9 Å². The molecule has 26 heavy (non-hydrogen) atoms. The quantitative estimate of drug-likeness (QED) is 0.616. The lowest BCUT2D eigenvalue weighted by atomic mass is 9.89. The van der Waals surface area contributed by atoms with Crippen LogP contribution in [0.5, 0.6) is 0 Å². The molecule has 1 atom stereocenters. The molecular formula is C22H24N2O2. The van der Waals surface area contributed by atoms with E-state index in [4.69, 9.17) is 4.74 Å². The highest BCUT2D eigenvalue weighted by molar-refractivity contribution is 5.83. The van der Waals surface area contributed by atoms with Crippen molar-refractivity contribution in [3.05, 3.63) is 66.7 Å². The number of aromatic nitrogens is 2. The highest BCUT2D eigenvalue weighted by Gasteiger charge is 2.26. The average Bonchev–Trinajstić information content (AvgIpc) is 3.21. The molecule has 1 unspecified atom stereocenters. The molecule has 1 aliphatic rings. The van der Waals surface area contributed by atoms with E-state index in [-0.39, 0.29) is 18.0 Å². The molecule has 0 radical (unpaired) electrons. The van der Waals surface area contributed by atoms with Crippen LogP contribution in [0.2, 0.25) is 0 Å². The summed E-state index contributed by atoms with van der Waals surface area (Å²) in [5.41, 5.74) is 1.03. The maximum Gasteiger partial charge on any atom is 0.309 e. The predicted octanol–water partition coefficient (Wildman–Crippen LogP) is 4.90. The third-order valence-electron chi connectivity index (χ3n) is 5.28. The Morgan fingerprint density at radius 2 is 1.92 bits per heavy atom. The Morgan fingerprint density at radius 3 is 2.69 bits per heavy atom. The molecule has 3 aromatic rings. The molecule has 4 heteroatoms. The number of imidazole rings is 1. The van der Waals surface area contributed by atoms with E-state index in [1.165, 1.54) is 11.8 Å². The van der Waals surface area contributed by atoms with Gasteiger partial charge in [-0.1, -0.05) is 55.7 Å². The molecule has 0 N–H and O–H groups in total. The van der Waals surface area contributed by atoms with E-state index in [0.717, 1.165) is 36.6 Å². The molecule has 0 aliphatic heterocycles. The number of hydrogen-bond donors (Lipinski definition) is 0. The maximum absolute atomic E-state index is 12.7. The zero-order valence-corrected chi connectivity index (χ0v) is 14.9. The van der Waals surface area contributed by atoms with Crippen molar-refractivity contribution in [1.82, 2.24) is 9.55 Å². The molecule has 134 valence electrons. The number of carbonyl (C=O) groups is 1. The monoisotopic (exact) mass is 348 g/mol. The van der Waals surface area contributed by atoms with Crippen molar-refractivity contribution < 1.29 is 9.53 Å². The van der Waals surface area contributed by atoms with Gasteiger partial charge in [-0.2, -0.15) is 0 Å². The Balaban J connectivity index is 1.59. The summed E-state index contributed by atoms with van der Waals surface area (Å²) in [5, 5.41) is 2.35. The van der Waals surface area contributed by atoms with Crippen molar-refractivity contribution in [1.29, 1.82) is 0 Å². The molecule has 0 spiro atoms. The minimum Gasteiger partial charge on any atom is -0.455 e. The first-order valence-electron chi connectivity index (χ1n) is 9.44. The highest BCUT2D eigenvalue weighted by atomic mass is 16.5. The van der Waals surface area contributed by atoms with Gasteiger partial charge >= 0.3 is 5.97 Å². The van der Waals surface area contributed by atoms with Crippen LogP contribution in [-0.2, 0) is 16.1 Å². The molecule has 0 bridgehead atoms.